The monoisotopic (exact) mass is 359 g/mol. The Morgan fingerprint density at radius 1 is 1.45 bits per heavy atom. The zero-order chi connectivity index (χ0) is 15.0. The predicted octanol–water partition coefficient (Wildman–Crippen LogP) is 5.15. The summed E-state index contributed by atoms with van der Waals surface area (Å²) in [6.45, 7) is 12.1. The minimum absolute atomic E-state index is 0.0329. The van der Waals surface area contributed by atoms with Crippen LogP contribution >= 0.6 is 27.3 Å². The number of nitrogens with one attached hydrogen (secondary N) is 1. The second-order valence-electron chi connectivity index (χ2n) is 6.87. The third-order valence-electron chi connectivity index (χ3n) is 4.05. The van der Waals surface area contributed by atoms with Gasteiger partial charge in [0.05, 0.1) is 11.2 Å². The zero-order valence-electron chi connectivity index (χ0n) is 13.1. The molecule has 0 saturated carbocycles. The highest BCUT2D eigenvalue weighted by molar-refractivity contribution is 9.10. The Kier molecular flexibility index (Phi) is 5.00. The van der Waals surface area contributed by atoms with Crippen LogP contribution in [0.5, 0.6) is 0 Å². The Morgan fingerprint density at radius 2 is 2.15 bits per heavy atom. The summed E-state index contributed by atoms with van der Waals surface area (Å²) in [6.07, 6.45) is 2.25. The lowest BCUT2D eigenvalue weighted by Crippen LogP contribution is -2.38. The van der Waals surface area contributed by atoms with Crippen LogP contribution in [0.1, 0.15) is 58.4 Å². The molecule has 1 fully saturated rings. The molecule has 0 radical (unpaired) electrons. The lowest BCUT2D eigenvalue weighted by atomic mass is 9.81. The van der Waals surface area contributed by atoms with Gasteiger partial charge in [-0.3, -0.25) is 0 Å². The van der Waals surface area contributed by atoms with Crippen molar-refractivity contribution in [2.45, 2.75) is 64.7 Å². The van der Waals surface area contributed by atoms with E-state index in [9.17, 15) is 0 Å². The maximum atomic E-state index is 6.29. The summed E-state index contributed by atoms with van der Waals surface area (Å²) < 4.78 is 7.47. The first kappa shape index (κ1) is 16.5. The van der Waals surface area contributed by atoms with Gasteiger partial charge in [0.15, 0.2) is 0 Å². The van der Waals surface area contributed by atoms with Crippen LogP contribution in [0.4, 0.5) is 0 Å². The molecule has 0 amide bonds. The maximum Gasteiger partial charge on any atom is 0.0681 e. The van der Waals surface area contributed by atoms with Crippen LogP contribution in [0.15, 0.2) is 15.9 Å². The molecule has 0 aliphatic carbocycles. The van der Waals surface area contributed by atoms with E-state index < -0.39 is 0 Å². The second kappa shape index (κ2) is 6.07. The molecular formula is C16H26BrNOS. The largest absolute Gasteiger partial charge is 0.369 e. The molecular weight excluding hydrogens is 334 g/mol. The zero-order valence-corrected chi connectivity index (χ0v) is 15.5. The van der Waals surface area contributed by atoms with Gasteiger partial charge >= 0.3 is 0 Å². The average Bonchev–Trinajstić information content (AvgIpc) is 2.81. The molecule has 114 valence electrons. The summed E-state index contributed by atoms with van der Waals surface area (Å²) in [6, 6.07) is 2.63. The lowest BCUT2D eigenvalue weighted by molar-refractivity contribution is -0.0777. The molecule has 20 heavy (non-hydrogen) atoms. The number of hydrogen-bond donors (Lipinski definition) is 1. The van der Waals surface area contributed by atoms with Gasteiger partial charge in [-0.05, 0) is 69.1 Å². The van der Waals surface area contributed by atoms with Crippen LogP contribution in [0.2, 0.25) is 0 Å². The van der Waals surface area contributed by atoms with Crippen LogP contribution in [0, 0.1) is 5.92 Å². The van der Waals surface area contributed by atoms with Crippen molar-refractivity contribution in [3.05, 3.63) is 20.8 Å². The van der Waals surface area contributed by atoms with Gasteiger partial charge in [-0.1, -0.05) is 6.92 Å². The number of ether oxygens (including phenoxy) is 1. The van der Waals surface area contributed by atoms with E-state index in [1.165, 1.54) is 9.35 Å². The smallest absolute Gasteiger partial charge is 0.0681 e. The minimum atomic E-state index is -0.0919. The van der Waals surface area contributed by atoms with E-state index in [0.29, 0.717) is 12.0 Å². The molecule has 1 aromatic rings. The molecule has 0 bridgehead atoms. The van der Waals surface area contributed by atoms with Crippen molar-refractivity contribution in [3.63, 3.8) is 0 Å². The Bertz CT molecular complexity index is 455. The van der Waals surface area contributed by atoms with Gasteiger partial charge in [-0.15, -0.1) is 11.3 Å². The normalized spacial score (nSPS) is 25.8. The minimum Gasteiger partial charge on any atom is -0.369 e. The first-order valence-electron chi connectivity index (χ1n) is 7.42. The van der Waals surface area contributed by atoms with Crippen LogP contribution in [-0.2, 0) is 4.74 Å². The standard InChI is InChI=1S/C16H26BrNOS/c1-6-7-18-14(13-8-11(17)10-20-13)12-9-15(2,3)19-16(12,4)5/h8,10,12,14,18H,6-7,9H2,1-5H3. The Morgan fingerprint density at radius 3 is 2.60 bits per heavy atom. The van der Waals surface area contributed by atoms with Crippen LogP contribution in [0.3, 0.4) is 0 Å². The highest BCUT2D eigenvalue weighted by atomic mass is 79.9. The van der Waals surface area contributed by atoms with Crippen LogP contribution in [0.25, 0.3) is 0 Å². The van der Waals surface area contributed by atoms with Gasteiger partial charge in [0.1, 0.15) is 0 Å². The molecule has 2 atom stereocenters. The predicted molar refractivity (Wildman–Crippen MR) is 90.4 cm³/mol. The van der Waals surface area contributed by atoms with Crippen molar-refractivity contribution in [1.82, 2.24) is 5.32 Å². The summed E-state index contributed by atoms with van der Waals surface area (Å²) in [7, 11) is 0. The lowest BCUT2D eigenvalue weighted by Gasteiger charge is -2.33. The van der Waals surface area contributed by atoms with Crippen molar-refractivity contribution in [1.29, 1.82) is 0 Å². The summed E-state index contributed by atoms with van der Waals surface area (Å²) in [5.74, 6) is 0.495. The van der Waals surface area contributed by atoms with Gasteiger partial charge in [-0.25, -0.2) is 0 Å². The Balaban J connectivity index is 2.27. The molecule has 2 unspecified atom stereocenters. The number of halogens is 1. The van der Waals surface area contributed by atoms with E-state index >= 15 is 0 Å². The molecule has 4 heteroatoms. The van der Waals surface area contributed by atoms with Crippen molar-refractivity contribution < 1.29 is 4.74 Å². The maximum absolute atomic E-state index is 6.29. The first-order valence-corrected chi connectivity index (χ1v) is 9.10. The molecule has 1 aliphatic heterocycles. The Labute approximate surface area is 135 Å². The number of hydrogen-bond acceptors (Lipinski definition) is 3. The highest BCUT2D eigenvalue weighted by Gasteiger charge is 2.49. The molecule has 1 saturated heterocycles. The summed E-state index contributed by atoms with van der Waals surface area (Å²) in [4.78, 5) is 1.41. The fourth-order valence-electron chi connectivity index (χ4n) is 3.36. The van der Waals surface area contributed by atoms with E-state index in [2.05, 4.69) is 67.3 Å². The first-order chi connectivity index (χ1) is 9.25. The molecule has 1 aromatic heterocycles. The van der Waals surface area contributed by atoms with Gasteiger partial charge in [-0.2, -0.15) is 0 Å². The number of rotatable bonds is 5. The Hall–Kier alpha value is 0.1000. The molecule has 1 aliphatic rings. The highest BCUT2D eigenvalue weighted by Crippen LogP contribution is 2.48. The number of thiophene rings is 1. The van der Waals surface area contributed by atoms with E-state index in [1.54, 1.807) is 0 Å². The summed E-state index contributed by atoms with van der Waals surface area (Å²) in [5, 5.41) is 5.91. The van der Waals surface area contributed by atoms with Crippen molar-refractivity contribution in [2.24, 2.45) is 5.92 Å². The molecule has 2 heterocycles. The second-order valence-corrected chi connectivity index (χ2v) is 8.73. The van der Waals surface area contributed by atoms with E-state index in [-0.39, 0.29) is 11.2 Å². The summed E-state index contributed by atoms with van der Waals surface area (Å²) >= 11 is 5.41. The van der Waals surface area contributed by atoms with E-state index in [0.717, 1.165) is 19.4 Å². The van der Waals surface area contributed by atoms with Gasteiger partial charge < -0.3 is 10.1 Å². The topological polar surface area (TPSA) is 21.3 Å². The van der Waals surface area contributed by atoms with Crippen molar-refractivity contribution in [3.8, 4) is 0 Å². The summed E-state index contributed by atoms with van der Waals surface area (Å²) in [5.41, 5.74) is -0.125. The van der Waals surface area contributed by atoms with Crippen LogP contribution in [-0.4, -0.2) is 17.7 Å². The molecule has 2 rings (SSSR count). The van der Waals surface area contributed by atoms with E-state index in [1.807, 2.05) is 11.3 Å². The third-order valence-corrected chi connectivity index (χ3v) is 5.83. The molecule has 0 spiro atoms. The molecule has 1 N–H and O–H groups in total. The molecule has 2 nitrogen and oxygen atoms in total. The SMILES string of the molecule is CCCNC(c1cc(Br)cs1)C1CC(C)(C)OC1(C)C. The third kappa shape index (κ3) is 3.65. The fraction of sp³-hybridized carbons (Fsp3) is 0.750. The van der Waals surface area contributed by atoms with Crippen molar-refractivity contribution >= 4 is 27.3 Å². The van der Waals surface area contributed by atoms with Crippen molar-refractivity contribution in [2.75, 3.05) is 6.54 Å². The van der Waals surface area contributed by atoms with Gasteiger partial charge in [0, 0.05) is 26.7 Å². The fourth-order valence-corrected chi connectivity index (χ4v) is 4.94. The quantitative estimate of drug-likeness (QED) is 0.785. The average molecular weight is 360 g/mol. The van der Waals surface area contributed by atoms with Gasteiger partial charge in [0.2, 0.25) is 0 Å². The van der Waals surface area contributed by atoms with E-state index in [4.69, 9.17) is 4.74 Å². The molecule has 0 aromatic carbocycles. The van der Waals surface area contributed by atoms with Gasteiger partial charge in [0.25, 0.3) is 0 Å². The van der Waals surface area contributed by atoms with Crippen LogP contribution < -0.4 is 5.32 Å².